The van der Waals surface area contributed by atoms with Gasteiger partial charge >= 0.3 is 23.9 Å². The summed E-state index contributed by atoms with van der Waals surface area (Å²) in [6.45, 7) is 3.02. The first-order chi connectivity index (χ1) is 12.5. The first-order valence-electron chi connectivity index (χ1n) is 7.70. The van der Waals surface area contributed by atoms with E-state index in [4.69, 9.17) is 0 Å². The van der Waals surface area contributed by atoms with Gasteiger partial charge < -0.3 is 20.4 Å². The molecule has 4 N–H and O–H groups in total. The minimum absolute atomic E-state index is 0.0555. The highest BCUT2D eigenvalue weighted by Gasteiger charge is 2.35. The maximum atomic E-state index is 11.7. The molecule has 140 valence electrons. The van der Waals surface area contributed by atoms with Crippen LogP contribution in [0.15, 0.2) is 36.4 Å². The first kappa shape index (κ1) is 19.6. The molecule has 0 aliphatic carbocycles. The molecule has 0 radical (unpaired) electrons. The molecule has 27 heavy (non-hydrogen) atoms. The van der Waals surface area contributed by atoms with Crippen molar-refractivity contribution < 1.29 is 39.6 Å². The Morgan fingerprint density at radius 1 is 0.630 bits per heavy atom. The quantitative estimate of drug-likeness (QED) is 0.604. The van der Waals surface area contributed by atoms with Crippen LogP contribution in [0.5, 0.6) is 0 Å². The second-order valence-electron chi connectivity index (χ2n) is 6.30. The van der Waals surface area contributed by atoms with E-state index in [1.165, 1.54) is 38.1 Å². The van der Waals surface area contributed by atoms with E-state index in [2.05, 4.69) is 0 Å². The van der Waals surface area contributed by atoms with Gasteiger partial charge in [0.1, 0.15) is 0 Å². The Morgan fingerprint density at radius 2 is 0.963 bits per heavy atom. The number of carboxylic acids is 4. The van der Waals surface area contributed by atoms with Gasteiger partial charge in [0.2, 0.25) is 0 Å². The van der Waals surface area contributed by atoms with Gasteiger partial charge in [-0.1, -0.05) is 38.1 Å². The molecule has 2 rings (SSSR count). The molecule has 0 bridgehead atoms. The summed E-state index contributed by atoms with van der Waals surface area (Å²) in [6, 6.07) is 7.75. The first-order valence-corrected chi connectivity index (χ1v) is 7.70. The van der Waals surface area contributed by atoms with Crippen LogP contribution in [0.2, 0.25) is 0 Å². The monoisotopic (exact) mass is 372 g/mol. The minimum atomic E-state index is -1.48. The summed E-state index contributed by atoms with van der Waals surface area (Å²) in [5, 5.41) is 37.7. The average Bonchev–Trinajstić information content (AvgIpc) is 2.59. The van der Waals surface area contributed by atoms with Crippen LogP contribution in [0.1, 0.15) is 66.4 Å². The normalized spacial score (nSPS) is 11.0. The Morgan fingerprint density at radius 3 is 1.22 bits per heavy atom. The molecule has 0 saturated heterocycles. The number of carboxylic acid groups (broad SMARTS) is 4. The lowest BCUT2D eigenvalue weighted by Crippen LogP contribution is -2.28. The van der Waals surface area contributed by atoms with E-state index in [0.29, 0.717) is 0 Å². The molecule has 2 aromatic rings. The highest BCUT2D eigenvalue weighted by Crippen LogP contribution is 2.37. The zero-order valence-corrected chi connectivity index (χ0v) is 14.4. The zero-order valence-electron chi connectivity index (χ0n) is 14.4. The Balaban J connectivity index is 2.90. The van der Waals surface area contributed by atoms with Crippen molar-refractivity contribution in [3.63, 3.8) is 0 Å². The number of hydrogen-bond donors (Lipinski definition) is 4. The lowest BCUT2D eigenvalue weighted by molar-refractivity contribution is 0.0647. The van der Waals surface area contributed by atoms with Gasteiger partial charge in [0, 0.05) is 5.41 Å². The summed E-state index contributed by atoms with van der Waals surface area (Å²) in [5.74, 6) is -5.85. The number of hydrogen-bond acceptors (Lipinski definition) is 4. The van der Waals surface area contributed by atoms with Gasteiger partial charge in [-0.3, -0.25) is 0 Å². The molecular weight excluding hydrogens is 356 g/mol. The summed E-state index contributed by atoms with van der Waals surface area (Å²) in [7, 11) is 0. The van der Waals surface area contributed by atoms with Gasteiger partial charge in [0.25, 0.3) is 0 Å². The van der Waals surface area contributed by atoms with E-state index in [-0.39, 0.29) is 11.1 Å². The summed E-state index contributed by atoms with van der Waals surface area (Å²) in [6.07, 6.45) is 0. The second-order valence-corrected chi connectivity index (χ2v) is 6.30. The number of rotatable bonds is 6. The van der Waals surface area contributed by atoms with Gasteiger partial charge in [0.15, 0.2) is 0 Å². The summed E-state index contributed by atoms with van der Waals surface area (Å²) in [5.41, 5.74) is -3.05. The highest BCUT2D eigenvalue weighted by atomic mass is 16.4. The molecule has 0 atom stereocenters. The van der Waals surface area contributed by atoms with Crippen molar-refractivity contribution in [2.24, 2.45) is 0 Å². The van der Waals surface area contributed by atoms with Crippen LogP contribution in [-0.4, -0.2) is 44.3 Å². The van der Waals surface area contributed by atoms with Crippen LogP contribution in [0.3, 0.4) is 0 Å². The molecule has 2 aromatic carbocycles. The van der Waals surface area contributed by atoms with Crippen LogP contribution >= 0.6 is 0 Å². The van der Waals surface area contributed by atoms with Crippen molar-refractivity contribution in [1.29, 1.82) is 0 Å². The van der Waals surface area contributed by atoms with Gasteiger partial charge in [-0.15, -0.1) is 0 Å². The fourth-order valence-electron chi connectivity index (χ4n) is 3.11. The molecule has 8 nitrogen and oxygen atoms in total. The zero-order chi connectivity index (χ0) is 20.5. The van der Waals surface area contributed by atoms with Crippen molar-refractivity contribution in [3.05, 3.63) is 69.8 Å². The fourth-order valence-corrected chi connectivity index (χ4v) is 3.11. The van der Waals surface area contributed by atoms with Crippen LogP contribution in [0.4, 0.5) is 0 Å². The highest BCUT2D eigenvalue weighted by molar-refractivity contribution is 6.05. The Labute approximate surface area is 153 Å². The molecule has 0 aromatic heterocycles. The van der Waals surface area contributed by atoms with Gasteiger partial charge in [-0.25, -0.2) is 19.2 Å². The summed E-state index contributed by atoms with van der Waals surface area (Å²) >= 11 is 0. The second kappa shape index (κ2) is 6.91. The SMILES string of the molecule is CC(C)(c1cccc(C(=O)O)c1C(=O)O)c1cccc(C(=O)O)c1C(=O)O. The molecule has 0 unspecified atom stereocenters. The molecule has 0 aliphatic heterocycles. The molecule has 0 amide bonds. The van der Waals surface area contributed by atoms with Crippen LogP contribution < -0.4 is 0 Å². The molecule has 0 aliphatic rings. The van der Waals surface area contributed by atoms with Crippen molar-refractivity contribution in [2.45, 2.75) is 19.3 Å². The average molecular weight is 372 g/mol. The van der Waals surface area contributed by atoms with E-state index in [1.54, 1.807) is 0 Å². The van der Waals surface area contributed by atoms with Gasteiger partial charge in [-0.05, 0) is 23.3 Å². The summed E-state index contributed by atoms with van der Waals surface area (Å²) < 4.78 is 0. The number of benzene rings is 2. The van der Waals surface area contributed by atoms with E-state index in [0.717, 1.165) is 12.1 Å². The molecule has 8 heteroatoms. The Kier molecular flexibility index (Phi) is 5.03. The predicted octanol–water partition coefficient (Wildman–Crippen LogP) is 2.81. The van der Waals surface area contributed by atoms with E-state index < -0.39 is 51.5 Å². The number of carbonyl (C=O) groups is 4. The van der Waals surface area contributed by atoms with Crippen molar-refractivity contribution in [3.8, 4) is 0 Å². The predicted molar refractivity (Wildman–Crippen MR) is 92.8 cm³/mol. The lowest BCUT2D eigenvalue weighted by atomic mass is 9.72. The van der Waals surface area contributed by atoms with Crippen molar-refractivity contribution in [2.75, 3.05) is 0 Å². The molecule has 0 fully saturated rings. The molecule has 0 saturated carbocycles. The minimum Gasteiger partial charge on any atom is -0.478 e. The largest absolute Gasteiger partial charge is 0.478 e. The Hall–Kier alpha value is -3.68. The van der Waals surface area contributed by atoms with E-state index in [1.807, 2.05) is 0 Å². The van der Waals surface area contributed by atoms with Gasteiger partial charge in [-0.2, -0.15) is 0 Å². The Bertz CT molecular complexity index is 894. The number of aromatic carboxylic acids is 4. The maximum absolute atomic E-state index is 11.7. The van der Waals surface area contributed by atoms with Crippen LogP contribution in [0, 0.1) is 0 Å². The lowest BCUT2D eigenvalue weighted by Gasteiger charge is -2.30. The maximum Gasteiger partial charge on any atom is 0.336 e. The third-order valence-electron chi connectivity index (χ3n) is 4.36. The third-order valence-corrected chi connectivity index (χ3v) is 4.36. The standard InChI is InChI=1S/C19H16O8/c1-19(2,11-7-3-5-9(15(20)21)13(11)17(24)25)12-8-4-6-10(16(22)23)14(12)18(26)27/h3-8H,1-2H3,(H,20,21)(H,22,23)(H,24,25)(H,26,27). The van der Waals surface area contributed by atoms with Crippen molar-refractivity contribution >= 4 is 23.9 Å². The topological polar surface area (TPSA) is 149 Å². The van der Waals surface area contributed by atoms with Crippen LogP contribution in [0.25, 0.3) is 0 Å². The van der Waals surface area contributed by atoms with Crippen molar-refractivity contribution in [1.82, 2.24) is 0 Å². The fraction of sp³-hybridized carbons (Fsp3) is 0.158. The van der Waals surface area contributed by atoms with Gasteiger partial charge in [0.05, 0.1) is 22.3 Å². The molecular formula is C19H16O8. The van der Waals surface area contributed by atoms with E-state index in [9.17, 15) is 39.6 Å². The summed E-state index contributed by atoms with van der Waals surface area (Å²) in [4.78, 5) is 46.3. The third kappa shape index (κ3) is 3.37. The van der Waals surface area contributed by atoms with Crippen LogP contribution in [-0.2, 0) is 5.41 Å². The molecule has 0 spiro atoms. The molecule has 0 heterocycles. The van der Waals surface area contributed by atoms with E-state index >= 15 is 0 Å². The smallest absolute Gasteiger partial charge is 0.336 e.